The summed E-state index contributed by atoms with van der Waals surface area (Å²) in [5, 5.41) is 6.25. The maximum Gasteiger partial charge on any atom is 0.407 e. The van der Waals surface area contributed by atoms with Gasteiger partial charge in [0, 0.05) is 39.0 Å². The van der Waals surface area contributed by atoms with Crippen LogP contribution < -0.4 is 10.6 Å². The molecule has 0 bridgehead atoms. The van der Waals surface area contributed by atoms with Crippen molar-refractivity contribution in [3.05, 3.63) is 0 Å². The fraction of sp³-hybridized carbons (Fsp3) is 0.944. The van der Waals surface area contributed by atoms with Crippen LogP contribution in [0.4, 0.5) is 4.79 Å². The number of ether oxygens (including phenoxy) is 3. The van der Waals surface area contributed by atoms with E-state index >= 15 is 0 Å². The summed E-state index contributed by atoms with van der Waals surface area (Å²) in [6.07, 6.45) is 40.2. The molecule has 0 spiro atoms. The highest BCUT2D eigenvalue weighted by atomic mass is 16.6. The standard InChI is InChI=1S/C54H107N3O6/c1-7-11-15-19-23-27-35-49(36-28-24-20-16-12-8-2)47-52(58)61-45-33-31-39-51(63-54(60)56-42-41-55-43-44-57(5)6)40-32-34-46-62-53(59)48-50(37-29-25-21-17-13-9-3)38-30-26-22-18-14-10-4/h49-51,55H,7-48H2,1-6H3,(H,56,60). The van der Waals surface area contributed by atoms with Gasteiger partial charge in [0.1, 0.15) is 6.10 Å². The van der Waals surface area contributed by atoms with Gasteiger partial charge in [0.15, 0.2) is 0 Å². The second kappa shape index (κ2) is 48.1. The highest BCUT2D eigenvalue weighted by Crippen LogP contribution is 2.25. The van der Waals surface area contributed by atoms with Crippen LogP contribution in [0.5, 0.6) is 0 Å². The molecule has 2 N–H and O–H groups in total. The van der Waals surface area contributed by atoms with Crippen molar-refractivity contribution in [2.24, 2.45) is 11.8 Å². The van der Waals surface area contributed by atoms with Gasteiger partial charge >= 0.3 is 18.0 Å². The minimum absolute atomic E-state index is 0.0611. The molecule has 0 aromatic carbocycles. The Morgan fingerprint density at radius 3 is 1.14 bits per heavy atom. The van der Waals surface area contributed by atoms with Crippen molar-refractivity contribution in [1.29, 1.82) is 0 Å². The first-order chi connectivity index (χ1) is 30.7. The Kier molecular flexibility index (Phi) is 46.6. The van der Waals surface area contributed by atoms with Crippen LogP contribution >= 0.6 is 0 Å². The summed E-state index contributed by atoms with van der Waals surface area (Å²) in [7, 11) is 4.09. The van der Waals surface area contributed by atoms with Gasteiger partial charge < -0.3 is 29.7 Å². The predicted molar refractivity (Wildman–Crippen MR) is 268 cm³/mol. The Balaban J connectivity index is 4.96. The molecule has 0 unspecified atom stereocenters. The van der Waals surface area contributed by atoms with E-state index in [0.717, 1.165) is 64.5 Å². The molecule has 9 heteroatoms. The molecular weight excluding hydrogens is 787 g/mol. The van der Waals surface area contributed by atoms with E-state index in [4.69, 9.17) is 14.2 Å². The zero-order valence-electron chi connectivity index (χ0n) is 42.8. The van der Waals surface area contributed by atoms with Gasteiger partial charge in [-0.2, -0.15) is 0 Å². The van der Waals surface area contributed by atoms with E-state index in [1.54, 1.807) is 0 Å². The number of esters is 2. The number of alkyl carbamates (subject to hydrolysis) is 1. The average Bonchev–Trinajstić information content (AvgIpc) is 3.26. The third-order valence-electron chi connectivity index (χ3n) is 12.7. The molecule has 0 radical (unpaired) electrons. The van der Waals surface area contributed by atoms with E-state index in [0.29, 0.717) is 63.8 Å². The molecule has 0 rings (SSSR count). The topological polar surface area (TPSA) is 106 Å². The Labute approximate surface area is 391 Å². The molecule has 63 heavy (non-hydrogen) atoms. The van der Waals surface area contributed by atoms with Crippen LogP contribution in [0.25, 0.3) is 0 Å². The minimum atomic E-state index is -0.393. The number of carbonyl (C=O) groups is 3. The lowest BCUT2D eigenvalue weighted by atomic mass is 9.91. The van der Waals surface area contributed by atoms with Gasteiger partial charge in [-0.05, 0) is 90.1 Å². The van der Waals surface area contributed by atoms with Crippen LogP contribution in [0.1, 0.15) is 259 Å². The first kappa shape index (κ1) is 61.1. The summed E-state index contributed by atoms with van der Waals surface area (Å²) < 4.78 is 17.5. The van der Waals surface area contributed by atoms with Gasteiger partial charge in [-0.1, -0.05) is 182 Å². The first-order valence-electron chi connectivity index (χ1n) is 27.4. The molecular formula is C54H107N3O6. The van der Waals surface area contributed by atoms with E-state index in [1.165, 1.54) is 154 Å². The van der Waals surface area contributed by atoms with Crippen molar-refractivity contribution in [3.63, 3.8) is 0 Å². The third-order valence-corrected chi connectivity index (χ3v) is 12.7. The number of likely N-dealkylation sites (N-methyl/N-ethyl adjacent to an activating group) is 1. The summed E-state index contributed by atoms with van der Waals surface area (Å²) in [4.78, 5) is 40.9. The van der Waals surface area contributed by atoms with Crippen LogP contribution in [0.2, 0.25) is 0 Å². The lowest BCUT2D eigenvalue weighted by Gasteiger charge is -2.19. The van der Waals surface area contributed by atoms with E-state index in [-0.39, 0.29) is 18.0 Å². The molecule has 0 heterocycles. The second-order valence-electron chi connectivity index (χ2n) is 19.3. The average molecular weight is 894 g/mol. The summed E-state index contributed by atoms with van der Waals surface area (Å²) in [5.41, 5.74) is 0. The molecule has 0 aliphatic heterocycles. The molecule has 0 aromatic rings. The predicted octanol–water partition coefficient (Wildman–Crippen LogP) is 14.7. The number of unbranched alkanes of at least 4 members (excludes halogenated alkanes) is 22. The molecule has 0 atom stereocenters. The van der Waals surface area contributed by atoms with Crippen molar-refractivity contribution in [2.75, 3.05) is 53.5 Å². The van der Waals surface area contributed by atoms with Crippen LogP contribution in [0.3, 0.4) is 0 Å². The van der Waals surface area contributed by atoms with Gasteiger partial charge in [-0.15, -0.1) is 0 Å². The number of nitrogens with zero attached hydrogens (tertiary/aromatic N) is 1. The zero-order valence-corrected chi connectivity index (χ0v) is 42.8. The van der Waals surface area contributed by atoms with Gasteiger partial charge in [0.25, 0.3) is 0 Å². The minimum Gasteiger partial charge on any atom is -0.466 e. The molecule has 1 amide bonds. The summed E-state index contributed by atoms with van der Waals surface area (Å²) in [6.45, 7) is 12.8. The second-order valence-corrected chi connectivity index (χ2v) is 19.3. The Morgan fingerprint density at radius 2 is 0.778 bits per heavy atom. The quantitative estimate of drug-likeness (QED) is 0.0353. The number of nitrogens with one attached hydrogen (secondary N) is 2. The van der Waals surface area contributed by atoms with Gasteiger partial charge in [0.05, 0.1) is 13.2 Å². The normalized spacial score (nSPS) is 11.7. The maximum atomic E-state index is 13.0. The van der Waals surface area contributed by atoms with Crippen molar-refractivity contribution in [2.45, 2.75) is 265 Å². The number of hydrogen-bond acceptors (Lipinski definition) is 8. The Morgan fingerprint density at radius 1 is 0.429 bits per heavy atom. The fourth-order valence-corrected chi connectivity index (χ4v) is 8.60. The molecule has 0 saturated heterocycles. The molecule has 0 fully saturated rings. The summed E-state index contributed by atoms with van der Waals surface area (Å²) in [5.74, 6) is 0.721. The Bertz CT molecular complexity index is 905. The van der Waals surface area contributed by atoms with Crippen molar-refractivity contribution in [3.8, 4) is 0 Å². The number of carbonyl (C=O) groups excluding carboxylic acids is 3. The van der Waals surface area contributed by atoms with Crippen LogP contribution in [0.15, 0.2) is 0 Å². The molecule has 0 saturated carbocycles. The smallest absolute Gasteiger partial charge is 0.407 e. The van der Waals surface area contributed by atoms with Gasteiger partial charge in [-0.3, -0.25) is 9.59 Å². The largest absolute Gasteiger partial charge is 0.466 e. The monoisotopic (exact) mass is 894 g/mol. The maximum absolute atomic E-state index is 13.0. The number of hydrogen-bond donors (Lipinski definition) is 2. The molecule has 9 nitrogen and oxygen atoms in total. The number of rotatable bonds is 49. The van der Waals surface area contributed by atoms with Crippen molar-refractivity contribution < 1.29 is 28.6 Å². The summed E-state index contributed by atoms with van der Waals surface area (Å²) >= 11 is 0. The van der Waals surface area contributed by atoms with Gasteiger partial charge in [0.2, 0.25) is 0 Å². The van der Waals surface area contributed by atoms with Crippen LogP contribution in [-0.4, -0.2) is 82.5 Å². The highest BCUT2D eigenvalue weighted by Gasteiger charge is 2.18. The highest BCUT2D eigenvalue weighted by molar-refractivity contribution is 5.70. The Hall–Kier alpha value is -1.87. The van der Waals surface area contributed by atoms with E-state index in [9.17, 15) is 14.4 Å². The van der Waals surface area contributed by atoms with E-state index in [1.807, 2.05) is 14.1 Å². The zero-order chi connectivity index (χ0) is 46.3. The SMILES string of the molecule is CCCCCCCCC(CCCCCCCC)CC(=O)OCCCCC(CCCCOC(=O)CC(CCCCCCCC)CCCCCCCC)OC(=O)NCCNCCN(C)C. The van der Waals surface area contributed by atoms with E-state index in [2.05, 4.69) is 43.2 Å². The molecule has 0 aromatic heterocycles. The molecule has 0 aliphatic rings. The van der Waals surface area contributed by atoms with Crippen molar-refractivity contribution >= 4 is 18.0 Å². The van der Waals surface area contributed by atoms with E-state index < -0.39 is 6.09 Å². The number of amides is 1. The summed E-state index contributed by atoms with van der Waals surface area (Å²) in [6, 6.07) is 0. The van der Waals surface area contributed by atoms with Crippen LogP contribution in [-0.2, 0) is 23.8 Å². The fourth-order valence-electron chi connectivity index (χ4n) is 8.60. The molecule has 374 valence electrons. The first-order valence-corrected chi connectivity index (χ1v) is 27.4. The lowest BCUT2D eigenvalue weighted by Crippen LogP contribution is -2.36. The van der Waals surface area contributed by atoms with Gasteiger partial charge in [-0.25, -0.2) is 4.79 Å². The van der Waals surface area contributed by atoms with Crippen molar-refractivity contribution in [1.82, 2.24) is 15.5 Å². The third kappa shape index (κ3) is 45.1. The van der Waals surface area contributed by atoms with Crippen LogP contribution in [0, 0.1) is 11.8 Å². The lowest BCUT2D eigenvalue weighted by molar-refractivity contribution is -0.146. The molecule has 0 aliphatic carbocycles.